The maximum atomic E-state index is 8.43. The maximum Gasteiger partial charge on any atom is 0.226 e. The first-order valence-corrected chi connectivity index (χ1v) is 26.2. The topological polar surface area (TPSA) is 179 Å². The number of hydrogen-bond acceptors (Lipinski definition) is 16. The van der Waals surface area contributed by atoms with Gasteiger partial charge >= 0.3 is 0 Å². The average Bonchev–Trinajstić information content (AvgIpc) is 3.99. The lowest BCUT2D eigenvalue weighted by Gasteiger charge is -2.29. The summed E-state index contributed by atoms with van der Waals surface area (Å²) in [4.78, 5) is 11.1. The van der Waals surface area contributed by atoms with Crippen LogP contribution in [-0.2, 0) is 62.3 Å². The summed E-state index contributed by atoms with van der Waals surface area (Å²) in [5, 5.41) is 21.2. The second-order valence-corrected chi connectivity index (χ2v) is 18.9. The summed E-state index contributed by atoms with van der Waals surface area (Å²) in [6.45, 7) is 18.4. The molecule has 0 bridgehead atoms. The molecule has 20 heteroatoms. The molecule has 1 aliphatic rings. The van der Waals surface area contributed by atoms with E-state index in [9.17, 15) is 0 Å². The van der Waals surface area contributed by atoms with Gasteiger partial charge in [0, 0.05) is 30.9 Å². The summed E-state index contributed by atoms with van der Waals surface area (Å²) in [5.41, 5.74) is 2.16. The highest BCUT2D eigenvalue weighted by atomic mass is 35.5. The largest absolute Gasteiger partial charge is 0.379 e. The third kappa shape index (κ3) is 23.2. The van der Waals surface area contributed by atoms with Gasteiger partial charge in [-0.2, -0.15) is 9.97 Å². The lowest BCUT2D eigenvalue weighted by molar-refractivity contribution is -0.00384. The molecule has 67 heavy (non-hydrogen) atoms. The van der Waals surface area contributed by atoms with Crippen molar-refractivity contribution in [3.8, 4) is 0 Å². The molecule has 378 valence electrons. The molecular formula is C47H77Cl2N8O9P. The lowest BCUT2D eigenvalue weighted by atomic mass is 9.96. The van der Waals surface area contributed by atoms with E-state index in [0.717, 1.165) is 65.0 Å². The van der Waals surface area contributed by atoms with Gasteiger partial charge in [-0.25, -0.2) is 4.68 Å². The first-order chi connectivity index (χ1) is 32.8. The van der Waals surface area contributed by atoms with Gasteiger partial charge in [-0.3, -0.25) is 0 Å². The number of halogens is 2. The first-order valence-electron chi connectivity index (χ1n) is 24.0. The smallest absolute Gasteiger partial charge is 0.226 e. The number of nitrogens with zero attached hydrogens (tertiary/aromatic N) is 6. The minimum Gasteiger partial charge on any atom is -0.379 e. The molecule has 4 rings (SSSR count). The molecule has 17 nitrogen and oxygen atoms in total. The second kappa shape index (κ2) is 34.6. The van der Waals surface area contributed by atoms with Crippen molar-refractivity contribution in [2.75, 3.05) is 123 Å². The molecule has 1 saturated heterocycles. The molecule has 0 saturated carbocycles. The number of ether oxygens (including phenoxy) is 9. The minimum absolute atomic E-state index is 0.0713. The van der Waals surface area contributed by atoms with Crippen LogP contribution in [0.25, 0.3) is 0 Å². The molecule has 3 aromatic rings. The van der Waals surface area contributed by atoms with Crippen molar-refractivity contribution in [1.29, 1.82) is 5.41 Å². The molecule has 1 fully saturated rings. The third-order valence-electron chi connectivity index (χ3n) is 11.2. The van der Waals surface area contributed by atoms with Crippen LogP contribution >= 0.6 is 31.8 Å². The minimum atomic E-state index is -0.236. The van der Waals surface area contributed by atoms with E-state index in [1.165, 1.54) is 19.1 Å². The summed E-state index contributed by atoms with van der Waals surface area (Å²) in [7, 11) is 0.905. The molecule has 3 heterocycles. The molecule has 0 radical (unpaired) electrons. The van der Waals surface area contributed by atoms with Crippen LogP contribution in [-0.4, -0.2) is 161 Å². The Hall–Kier alpha value is -2.64. The Morgan fingerprint density at radius 3 is 2.07 bits per heavy atom. The zero-order valence-corrected chi connectivity index (χ0v) is 42.8. The van der Waals surface area contributed by atoms with Gasteiger partial charge in [-0.05, 0) is 73.6 Å². The Balaban J connectivity index is 1.07. The van der Waals surface area contributed by atoms with E-state index in [1.807, 2.05) is 35.4 Å². The van der Waals surface area contributed by atoms with Crippen molar-refractivity contribution in [3.05, 3.63) is 57.6 Å². The number of nitrogens with one attached hydrogen (secondary N) is 2. The van der Waals surface area contributed by atoms with E-state index in [1.54, 1.807) is 4.68 Å². The van der Waals surface area contributed by atoms with Gasteiger partial charge < -0.3 is 58.3 Å². The highest BCUT2D eigenvalue weighted by molar-refractivity contribution is 7.39. The van der Waals surface area contributed by atoms with Gasteiger partial charge in [-0.15, -0.1) is 13.7 Å². The average molecular weight is 1000 g/mol. The normalized spacial score (nSPS) is 16.0. The number of rotatable bonds is 41. The van der Waals surface area contributed by atoms with Crippen molar-refractivity contribution >= 4 is 49.6 Å². The van der Waals surface area contributed by atoms with E-state index < -0.39 is 0 Å². The number of benzene rings is 1. The van der Waals surface area contributed by atoms with E-state index in [4.69, 9.17) is 71.2 Å². The predicted molar refractivity (Wildman–Crippen MR) is 266 cm³/mol. The zero-order chi connectivity index (χ0) is 47.8. The Morgan fingerprint density at radius 1 is 0.821 bits per heavy atom. The fraction of sp³-hybridized carbons (Fsp3) is 0.723. The lowest BCUT2D eigenvalue weighted by Crippen LogP contribution is -2.30. The van der Waals surface area contributed by atoms with Gasteiger partial charge in [0.05, 0.1) is 124 Å². The molecular weight excluding hydrogens is 922 g/mol. The number of unbranched alkanes of at least 4 members (excludes halogenated alkanes) is 1. The number of aromatic nitrogens is 5. The summed E-state index contributed by atoms with van der Waals surface area (Å²) in [6, 6.07) is 7.67. The molecule has 4 atom stereocenters. The van der Waals surface area contributed by atoms with Crippen molar-refractivity contribution in [3.63, 3.8) is 0 Å². The Labute approximate surface area is 410 Å². The number of hydrogen-bond donors (Lipinski definition) is 2. The Kier molecular flexibility index (Phi) is 29.4. The molecule has 2 aromatic heterocycles. The van der Waals surface area contributed by atoms with E-state index >= 15 is 0 Å². The molecule has 0 spiro atoms. The standard InChI is InChI=1S/C47H77Cl2N8O9P/c1-5-7-19-58-22-25-61-28-29-63-27-24-60-21-18-57-36-39(54-55-57)37-65-33-32-64-31-30-62-26-23-59-20-17-56(35-38-10-8-9-11-42(38)48)45-41(34-50)44(52-46(49)53-45)51-43-13-12-40(66-43)14-16-47(3,67-4)15-6-2/h8-11,34,36,40,43,50,67H,5-7,12-33,35,37H2,1-4H3,(H,51,52,53)/t40?,43?,47-/m1/s1. The highest BCUT2D eigenvalue weighted by Crippen LogP contribution is 2.39. The third-order valence-corrected chi connectivity index (χ3v) is 13.4. The summed E-state index contributed by atoms with van der Waals surface area (Å²) in [6.07, 6.45) is 11.7. The van der Waals surface area contributed by atoms with E-state index in [0.29, 0.717) is 146 Å². The van der Waals surface area contributed by atoms with Crippen LogP contribution in [0.2, 0.25) is 10.3 Å². The van der Waals surface area contributed by atoms with Crippen LogP contribution in [0, 0.1) is 5.41 Å². The van der Waals surface area contributed by atoms with Crippen LogP contribution in [0.3, 0.4) is 0 Å². The summed E-state index contributed by atoms with van der Waals surface area (Å²) in [5.74, 6) is 0.974. The Morgan fingerprint density at radius 2 is 1.45 bits per heavy atom. The Bertz CT molecular complexity index is 1770. The molecule has 1 aromatic carbocycles. The molecule has 0 amide bonds. The molecule has 3 unspecified atom stereocenters. The summed E-state index contributed by atoms with van der Waals surface area (Å²) < 4.78 is 53.4. The van der Waals surface area contributed by atoms with E-state index in [2.05, 4.69) is 53.0 Å². The zero-order valence-electron chi connectivity index (χ0n) is 40.3. The van der Waals surface area contributed by atoms with Crippen LogP contribution < -0.4 is 10.2 Å². The molecule has 1 aliphatic heterocycles. The van der Waals surface area contributed by atoms with Gasteiger partial charge in [-0.1, -0.05) is 68.6 Å². The van der Waals surface area contributed by atoms with E-state index in [-0.39, 0.29) is 17.6 Å². The second-order valence-electron chi connectivity index (χ2n) is 16.5. The van der Waals surface area contributed by atoms with Crippen LogP contribution in [0.4, 0.5) is 11.6 Å². The van der Waals surface area contributed by atoms with Crippen LogP contribution in [0.15, 0.2) is 30.5 Å². The van der Waals surface area contributed by atoms with Gasteiger partial charge in [0.15, 0.2) is 0 Å². The fourth-order valence-corrected chi connectivity index (χ4v) is 8.54. The first kappa shape index (κ1) is 56.9. The van der Waals surface area contributed by atoms with Crippen molar-refractivity contribution in [1.82, 2.24) is 25.0 Å². The summed E-state index contributed by atoms with van der Waals surface area (Å²) >= 11 is 13.2. The maximum absolute atomic E-state index is 8.43. The molecule has 0 aliphatic carbocycles. The molecule has 2 N–H and O–H groups in total. The van der Waals surface area contributed by atoms with Crippen molar-refractivity contribution in [2.24, 2.45) is 0 Å². The monoisotopic (exact) mass is 998 g/mol. The van der Waals surface area contributed by atoms with Gasteiger partial charge in [0.25, 0.3) is 0 Å². The quantitative estimate of drug-likeness (QED) is 0.0241. The van der Waals surface area contributed by atoms with Crippen molar-refractivity contribution in [2.45, 2.75) is 109 Å². The van der Waals surface area contributed by atoms with Crippen LogP contribution in [0.1, 0.15) is 89.0 Å². The number of anilines is 2. The van der Waals surface area contributed by atoms with Crippen molar-refractivity contribution < 1.29 is 42.6 Å². The van der Waals surface area contributed by atoms with Gasteiger partial charge in [0.1, 0.15) is 23.6 Å². The highest BCUT2D eigenvalue weighted by Gasteiger charge is 2.30. The SMILES string of the molecule is CCCCOCCOCCOCCOCCn1cc(COCCOCCOCCOCCN(Cc2ccccc2Cl)c2nc(Cl)nc(NC3CCC(CC[C@@](C)(CCC)PC)O3)c2C=N)nn1. The van der Waals surface area contributed by atoms with Crippen LogP contribution in [0.5, 0.6) is 0 Å². The fourth-order valence-electron chi connectivity index (χ4n) is 7.28. The predicted octanol–water partition coefficient (Wildman–Crippen LogP) is 8.08. The van der Waals surface area contributed by atoms with Gasteiger partial charge in [0.2, 0.25) is 5.28 Å².